The summed E-state index contributed by atoms with van der Waals surface area (Å²) in [5.74, 6) is -0.146. The van der Waals surface area contributed by atoms with Crippen LogP contribution in [0.3, 0.4) is 0 Å². The van der Waals surface area contributed by atoms with Gasteiger partial charge in [0, 0.05) is 33.2 Å². The van der Waals surface area contributed by atoms with E-state index in [1.54, 1.807) is 11.8 Å². The first-order valence-electron chi connectivity index (χ1n) is 10.5. The number of methoxy groups -OCH3 is 1. The molecule has 1 N–H and O–H groups in total. The Bertz CT molecular complexity index is 1170. The summed E-state index contributed by atoms with van der Waals surface area (Å²) in [6, 6.07) is 24.0. The summed E-state index contributed by atoms with van der Waals surface area (Å²) in [7, 11) is 1.39. The van der Waals surface area contributed by atoms with E-state index in [1.807, 2.05) is 78.9 Å². The summed E-state index contributed by atoms with van der Waals surface area (Å²) in [5, 5.41) is 4.12. The average molecular weight is 464 g/mol. The lowest BCUT2D eigenvalue weighted by Gasteiger charge is -2.42. The molecule has 162 valence electrons. The smallest absolute Gasteiger partial charge is 0.323 e. The molecule has 3 aromatic carbocycles. The minimum absolute atomic E-state index is 0.0551. The first-order valence-corrected chi connectivity index (χ1v) is 11.8. The number of ketones is 1. The number of benzene rings is 3. The second-order valence-corrected chi connectivity index (χ2v) is 9.65. The molecular weight excluding hydrogens is 442 g/mol. The Morgan fingerprint density at radius 2 is 1.69 bits per heavy atom. The topological polar surface area (TPSA) is 55.4 Å². The molecule has 4 atom stereocenters. The normalized spacial score (nSPS) is 26.7. The van der Waals surface area contributed by atoms with E-state index in [9.17, 15) is 9.59 Å². The number of hydrogen-bond donors (Lipinski definition) is 1. The predicted molar refractivity (Wildman–Crippen MR) is 126 cm³/mol. The van der Waals surface area contributed by atoms with Crippen LogP contribution < -0.4 is 5.32 Å². The number of ether oxygens (including phenoxy) is 1. The minimum Gasteiger partial charge on any atom is -0.468 e. The maximum atomic E-state index is 14.3. The second kappa shape index (κ2) is 8.39. The number of rotatable bonds is 3. The molecule has 2 aliphatic heterocycles. The van der Waals surface area contributed by atoms with Crippen LogP contribution in [-0.4, -0.2) is 30.7 Å². The highest BCUT2D eigenvalue weighted by Crippen LogP contribution is 2.59. The van der Waals surface area contributed by atoms with Crippen molar-refractivity contribution in [2.45, 2.75) is 22.9 Å². The van der Waals surface area contributed by atoms with Crippen molar-refractivity contribution in [3.63, 3.8) is 0 Å². The molecule has 2 heterocycles. The zero-order valence-electron chi connectivity index (χ0n) is 17.5. The Labute approximate surface area is 196 Å². The third kappa shape index (κ3) is 3.27. The Morgan fingerprint density at radius 1 is 1.00 bits per heavy atom. The van der Waals surface area contributed by atoms with Gasteiger partial charge in [0.2, 0.25) is 0 Å². The molecule has 0 aliphatic carbocycles. The molecule has 0 amide bonds. The number of hydrogen-bond acceptors (Lipinski definition) is 5. The Morgan fingerprint density at radius 3 is 2.41 bits per heavy atom. The molecule has 5 rings (SSSR count). The van der Waals surface area contributed by atoms with E-state index in [0.717, 1.165) is 16.0 Å². The summed E-state index contributed by atoms with van der Waals surface area (Å²) in [6.45, 7) is 0. The van der Waals surface area contributed by atoms with E-state index < -0.39 is 11.5 Å². The molecule has 2 aliphatic rings. The molecule has 6 heteroatoms. The molecule has 1 spiro atoms. The van der Waals surface area contributed by atoms with Crippen molar-refractivity contribution in [3.8, 4) is 0 Å². The molecule has 3 aromatic rings. The average Bonchev–Trinajstić information content (AvgIpc) is 3.18. The molecule has 32 heavy (non-hydrogen) atoms. The summed E-state index contributed by atoms with van der Waals surface area (Å²) in [5.41, 5.74) is 1.71. The zero-order chi connectivity index (χ0) is 22.3. The van der Waals surface area contributed by atoms with E-state index in [2.05, 4.69) is 5.32 Å². The number of carbonyl (C=O) groups excluding carboxylic acids is 2. The van der Waals surface area contributed by atoms with Crippen molar-refractivity contribution in [1.29, 1.82) is 0 Å². The predicted octanol–water partition coefficient (Wildman–Crippen LogP) is 5.28. The van der Waals surface area contributed by atoms with Gasteiger partial charge in [-0.25, -0.2) is 0 Å². The van der Waals surface area contributed by atoms with Crippen molar-refractivity contribution in [2.75, 3.05) is 12.9 Å². The van der Waals surface area contributed by atoms with E-state index >= 15 is 0 Å². The highest BCUT2D eigenvalue weighted by atomic mass is 35.5. The highest BCUT2D eigenvalue weighted by molar-refractivity contribution is 7.99. The lowest BCUT2D eigenvalue weighted by Crippen LogP contribution is -2.45. The maximum Gasteiger partial charge on any atom is 0.323 e. The molecule has 0 radical (unpaired) electrons. The largest absolute Gasteiger partial charge is 0.468 e. The highest BCUT2D eigenvalue weighted by Gasteiger charge is 2.63. The fraction of sp³-hybridized carbons (Fsp3) is 0.231. The fourth-order valence-electron chi connectivity index (χ4n) is 5.17. The first kappa shape index (κ1) is 21.3. The van der Waals surface area contributed by atoms with Crippen molar-refractivity contribution < 1.29 is 14.3 Å². The lowest BCUT2D eigenvalue weighted by atomic mass is 9.64. The van der Waals surface area contributed by atoms with Gasteiger partial charge in [-0.15, -0.1) is 11.8 Å². The molecule has 1 fully saturated rings. The SMILES string of the molecule is COC(=O)[C@@H]1N[C@H](c2ccc(Cl)cc2)[C@]2(CSc3ccccc3C2=O)[C@H]1c1ccccc1. The Balaban J connectivity index is 1.75. The van der Waals surface area contributed by atoms with Crippen LogP contribution >= 0.6 is 23.4 Å². The molecule has 4 nitrogen and oxygen atoms in total. The van der Waals surface area contributed by atoms with Crippen molar-refractivity contribution in [1.82, 2.24) is 5.32 Å². The number of nitrogens with one attached hydrogen (secondary N) is 1. The van der Waals surface area contributed by atoms with Gasteiger partial charge in [-0.1, -0.05) is 72.3 Å². The van der Waals surface area contributed by atoms with Gasteiger partial charge in [-0.05, 0) is 29.3 Å². The van der Waals surface area contributed by atoms with Crippen LogP contribution in [0, 0.1) is 5.41 Å². The monoisotopic (exact) mass is 463 g/mol. The number of esters is 1. The van der Waals surface area contributed by atoms with E-state index in [0.29, 0.717) is 16.3 Å². The van der Waals surface area contributed by atoms with Crippen LogP contribution in [0.15, 0.2) is 83.8 Å². The van der Waals surface area contributed by atoms with Gasteiger partial charge in [0.1, 0.15) is 6.04 Å². The molecule has 0 aromatic heterocycles. The second-order valence-electron chi connectivity index (χ2n) is 8.19. The van der Waals surface area contributed by atoms with Gasteiger partial charge in [0.05, 0.1) is 12.5 Å². The maximum absolute atomic E-state index is 14.3. The quantitative estimate of drug-likeness (QED) is 0.535. The first-order chi connectivity index (χ1) is 15.6. The van der Waals surface area contributed by atoms with E-state index in [1.165, 1.54) is 7.11 Å². The molecule has 0 saturated carbocycles. The Kier molecular flexibility index (Phi) is 5.58. The number of Topliss-reactive ketones (excluding diaryl/α,β-unsaturated/α-hetero) is 1. The lowest BCUT2D eigenvalue weighted by molar-refractivity contribution is -0.143. The van der Waals surface area contributed by atoms with Crippen molar-refractivity contribution in [3.05, 3.63) is 101 Å². The van der Waals surface area contributed by atoms with Gasteiger partial charge < -0.3 is 4.74 Å². The van der Waals surface area contributed by atoms with Gasteiger partial charge in [0.15, 0.2) is 5.78 Å². The van der Waals surface area contributed by atoms with Crippen LogP contribution in [0.4, 0.5) is 0 Å². The standard InChI is InChI=1S/C26H22ClNO3S/c1-31-25(30)22-21(16-7-3-2-4-8-16)26(23(28-22)17-11-13-18(27)14-12-17)15-32-20-10-6-5-9-19(20)24(26)29/h2-14,21-23,28H,15H2,1H3/t21-,22+,23+,26-/m0/s1. The molecule has 1 saturated heterocycles. The van der Waals surface area contributed by atoms with Crippen LogP contribution in [0.25, 0.3) is 0 Å². The fourth-order valence-corrected chi connectivity index (χ4v) is 6.66. The number of carbonyl (C=O) groups is 2. The third-order valence-corrected chi connectivity index (χ3v) is 8.13. The summed E-state index contributed by atoms with van der Waals surface area (Å²) in [4.78, 5) is 28.3. The Hall–Kier alpha value is -2.60. The summed E-state index contributed by atoms with van der Waals surface area (Å²) in [6.07, 6.45) is 0. The summed E-state index contributed by atoms with van der Waals surface area (Å²) >= 11 is 7.82. The zero-order valence-corrected chi connectivity index (χ0v) is 19.0. The van der Waals surface area contributed by atoms with E-state index in [4.69, 9.17) is 16.3 Å². The van der Waals surface area contributed by atoms with Gasteiger partial charge in [-0.3, -0.25) is 14.9 Å². The third-order valence-electron chi connectivity index (χ3n) is 6.59. The van der Waals surface area contributed by atoms with Crippen LogP contribution in [-0.2, 0) is 9.53 Å². The summed E-state index contributed by atoms with van der Waals surface area (Å²) < 4.78 is 5.19. The molecular formula is C26H22ClNO3S. The van der Waals surface area contributed by atoms with Crippen molar-refractivity contribution >= 4 is 35.1 Å². The van der Waals surface area contributed by atoms with Crippen LogP contribution in [0.2, 0.25) is 5.02 Å². The number of halogens is 1. The number of thioether (sulfide) groups is 1. The van der Waals surface area contributed by atoms with Crippen molar-refractivity contribution in [2.24, 2.45) is 5.41 Å². The van der Waals surface area contributed by atoms with Crippen LogP contribution in [0.5, 0.6) is 0 Å². The van der Waals surface area contributed by atoms with E-state index in [-0.39, 0.29) is 23.7 Å². The minimum atomic E-state index is -0.868. The van der Waals surface area contributed by atoms with Gasteiger partial charge in [0.25, 0.3) is 0 Å². The van der Waals surface area contributed by atoms with Gasteiger partial charge in [-0.2, -0.15) is 0 Å². The van der Waals surface area contributed by atoms with Gasteiger partial charge >= 0.3 is 5.97 Å². The molecule has 0 unspecified atom stereocenters. The van der Waals surface area contributed by atoms with Crippen LogP contribution in [0.1, 0.15) is 33.4 Å². The number of fused-ring (bicyclic) bond motifs is 1. The molecule has 0 bridgehead atoms.